The number of halogens is 2. The monoisotopic (exact) mass is 244 g/mol. The molecule has 14 heavy (non-hydrogen) atoms. The minimum Gasteiger partial charge on any atom is -0.395 e. The first-order valence-corrected chi connectivity index (χ1v) is 4.94. The van der Waals surface area contributed by atoms with E-state index in [1.165, 1.54) is 12.8 Å². The first-order chi connectivity index (χ1) is 5.88. The molecule has 3 nitrogen and oxygen atoms in total. The lowest BCUT2D eigenvalue weighted by Crippen LogP contribution is -2.46. The summed E-state index contributed by atoms with van der Waals surface area (Å²) in [7, 11) is 0. The Hall–Kier alpha value is 0.460. The van der Waals surface area contributed by atoms with Gasteiger partial charge in [0.1, 0.15) is 0 Å². The Balaban J connectivity index is 0. The molecule has 1 aliphatic heterocycles. The van der Waals surface area contributed by atoms with Gasteiger partial charge in [0.05, 0.1) is 6.61 Å². The van der Waals surface area contributed by atoms with Gasteiger partial charge < -0.3 is 10.4 Å². The van der Waals surface area contributed by atoms with Gasteiger partial charge in [-0.15, -0.1) is 24.8 Å². The van der Waals surface area contributed by atoms with Gasteiger partial charge in [0.2, 0.25) is 0 Å². The van der Waals surface area contributed by atoms with E-state index in [0.29, 0.717) is 6.04 Å². The number of nitrogens with zero attached hydrogens (tertiary/aromatic N) is 1. The number of aliphatic hydroxyl groups is 1. The van der Waals surface area contributed by atoms with Crippen LogP contribution in [0.15, 0.2) is 0 Å². The van der Waals surface area contributed by atoms with E-state index >= 15 is 0 Å². The molecular weight excluding hydrogens is 223 g/mol. The van der Waals surface area contributed by atoms with Gasteiger partial charge in [-0.2, -0.15) is 0 Å². The number of hydrogen-bond acceptors (Lipinski definition) is 3. The summed E-state index contributed by atoms with van der Waals surface area (Å²) in [6.07, 6.45) is 2.55. The van der Waals surface area contributed by atoms with Crippen LogP contribution >= 0.6 is 24.8 Å². The summed E-state index contributed by atoms with van der Waals surface area (Å²) in [4.78, 5) is 2.35. The van der Waals surface area contributed by atoms with E-state index in [0.717, 1.165) is 26.2 Å². The normalized spacial score (nSPS) is 21.2. The Morgan fingerprint density at radius 1 is 1.43 bits per heavy atom. The average molecular weight is 245 g/mol. The van der Waals surface area contributed by atoms with Crippen LogP contribution in [0.3, 0.4) is 0 Å². The first kappa shape index (κ1) is 16.9. The zero-order chi connectivity index (χ0) is 8.81. The van der Waals surface area contributed by atoms with Crippen LogP contribution in [-0.4, -0.2) is 48.8 Å². The van der Waals surface area contributed by atoms with Crippen molar-refractivity contribution in [3.8, 4) is 0 Å². The van der Waals surface area contributed by atoms with Gasteiger partial charge in [-0.3, -0.25) is 4.90 Å². The minimum atomic E-state index is 0. The highest BCUT2D eigenvalue weighted by Crippen LogP contribution is 2.09. The molecule has 0 aliphatic carbocycles. The molecule has 1 unspecified atom stereocenters. The lowest BCUT2D eigenvalue weighted by atomic mass is 10.1. The molecule has 0 aromatic heterocycles. The number of hydrogen-bond donors (Lipinski definition) is 2. The predicted molar refractivity (Wildman–Crippen MR) is 64.7 cm³/mol. The molecule has 88 valence electrons. The maximum absolute atomic E-state index is 8.84. The molecule has 2 N–H and O–H groups in total. The summed E-state index contributed by atoms with van der Waals surface area (Å²) in [5, 5.41) is 12.2. The fraction of sp³-hybridized carbons (Fsp3) is 1.00. The van der Waals surface area contributed by atoms with Crippen molar-refractivity contribution in [2.24, 2.45) is 0 Å². The molecule has 0 bridgehead atoms. The van der Waals surface area contributed by atoms with Crippen LogP contribution in [-0.2, 0) is 0 Å². The van der Waals surface area contributed by atoms with E-state index < -0.39 is 0 Å². The molecule has 1 aliphatic rings. The highest BCUT2D eigenvalue weighted by molar-refractivity contribution is 5.85. The standard InChI is InChI=1S/C9H20N2O.2ClH/c1-2-11(6-7-12)9-4-3-5-10-8-9;;/h9-10,12H,2-8H2,1H3;2*1H. The second-order valence-electron chi connectivity index (χ2n) is 3.35. The third kappa shape index (κ3) is 5.37. The Labute approximate surface area is 99.1 Å². The Morgan fingerprint density at radius 3 is 2.57 bits per heavy atom. The summed E-state index contributed by atoms with van der Waals surface area (Å²) in [6.45, 7) is 6.56. The van der Waals surface area contributed by atoms with E-state index in [-0.39, 0.29) is 31.4 Å². The van der Waals surface area contributed by atoms with Crippen molar-refractivity contribution in [2.45, 2.75) is 25.8 Å². The topological polar surface area (TPSA) is 35.5 Å². The molecule has 0 radical (unpaired) electrons. The van der Waals surface area contributed by atoms with Gasteiger partial charge >= 0.3 is 0 Å². The van der Waals surface area contributed by atoms with Gasteiger partial charge in [0.15, 0.2) is 0 Å². The summed E-state index contributed by atoms with van der Waals surface area (Å²) < 4.78 is 0. The van der Waals surface area contributed by atoms with Gasteiger partial charge in [0.25, 0.3) is 0 Å². The number of aliphatic hydroxyl groups excluding tert-OH is 1. The van der Waals surface area contributed by atoms with Crippen molar-refractivity contribution in [2.75, 3.05) is 32.8 Å². The van der Waals surface area contributed by atoms with Crippen LogP contribution in [0.4, 0.5) is 0 Å². The van der Waals surface area contributed by atoms with Gasteiger partial charge in [0, 0.05) is 19.1 Å². The Bertz CT molecular complexity index is 119. The average Bonchev–Trinajstić information content (AvgIpc) is 2.15. The third-order valence-corrected chi connectivity index (χ3v) is 2.58. The molecule has 0 aromatic rings. The molecule has 5 heteroatoms. The van der Waals surface area contributed by atoms with Crippen molar-refractivity contribution in [1.82, 2.24) is 10.2 Å². The molecule has 1 saturated heterocycles. The number of piperidine rings is 1. The number of nitrogens with one attached hydrogen (secondary N) is 1. The van der Waals surface area contributed by atoms with E-state index in [2.05, 4.69) is 17.1 Å². The number of likely N-dealkylation sites (N-methyl/N-ethyl adjacent to an activating group) is 1. The second-order valence-corrected chi connectivity index (χ2v) is 3.35. The molecular formula is C9H22Cl2N2O. The lowest BCUT2D eigenvalue weighted by molar-refractivity contribution is 0.137. The molecule has 1 atom stereocenters. The molecule has 1 rings (SSSR count). The highest BCUT2D eigenvalue weighted by atomic mass is 35.5. The van der Waals surface area contributed by atoms with Crippen LogP contribution in [0.1, 0.15) is 19.8 Å². The zero-order valence-corrected chi connectivity index (χ0v) is 10.4. The largest absolute Gasteiger partial charge is 0.395 e. The van der Waals surface area contributed by atoms with Gasteiger partial charge in [-0.05, 0) is 25.9 Å². The molecule has 1 heterocycles. The van der Waals surface area contributed by atoms with E-state index in [4.69, 9.17) is 5.11 Å². The zero-order valence-electron chi connectivity index (χ0n) is 8.74. The fourth-order valence-corrected chi connectivity index (χ4v) is 1.87. The Kier molecular flexibility index (Phi) is 12.0. The summed E-state index contributed by atoms with van der Waals surface area (Å²) in [5.41, 5.74) is 0. The maximum Gasteiger partial charge on any atom is 0.0558 e. The summed E-state index contributed by atoms with van der Waals surface area (Å²) in [6, 6.07) is 0.649. The van der Waals surface area contributed by atoms with Crippen LogP contribution in [0, 0.1) is 0 Å². The van der Waals surface area contributed by atoms with Gasteiger partial charge in [-0.25, -0.2) is 0 Å². The van der Waals surface area contributed by atoms with Crippen LogP contribution in [0.2, 0.25) is 0 Å². The van der Waals surface area contributed by atoms with Crippen LogP contribution < -0.4 is 5.32 Å². The molecule has 0 amide bonds. The quantitative estimate of drug-likeness (QED) is 0.772. The highest BCUT2D eigenvalue weighted by Gasteiger charge is 2.18. The maximum atomic E-state index is 8.84. The fourth-order valence-electron chi connectivity index (χ4n) is 1.87. The Morgan fingerprint density at radius 2 is 2.14 bits per heavy atom. The number of rotatable bonds is 4. The van der Waals surface area contributed by atoms with Crippen molar-refractivity contribution in [1.29, 1.82) is 0 Å². The van der Waals surface area contributed by atoms with Crippen molar-refractivity contribution < 1.29 is 5.11 Å². The third-order valence-electron chi connectivity index (χ3n) is 2.58. The molecule has 1 fully saturated rings. The molecule has 0 spiro atoms. The van der Waals surface area contributed by atoms with Crippen molar-refractivity contribution >= 4 is 24.8 Å². The van der Waals surface area contributed by atoms with E-state index in [1.807, 2.05) is 0 Å². The SMILES string of the molecule is CCN(CCO)C1CCCNC1.Cl.Cl. The van der Waals surface area contributed by atoms with E-state index in [9.17, 15) is 0 Å². The minimum absolute atomic E-state index is 0. The van der Waals surface area contributed by atoms with Crippen LogP contribution in [0.25, 0.3) is 0 Å². The lowest BCUT2D eigenvalue weighted by Gasteiger charge is -2.33. The van der Waals surface area contributed by atoms with E-state index in [1.54, 1.807) is 0 Å². The van der Waals surface area contributed by atoms with Crippen LogP contribution in [0.5, 0.6) is 0 Å². The molecule has 0 aromatic carbocycles. The summed E-state index contributed by atoms with van der Waals surface area (Å²) >= 11 is 0. The second kappa shape index (κ2) is 9.99. The summed E-state index contributed by atoms with van der Waals surface area (Å²) in [5.74, 6) is 0. The van der Waals surface area contributed by atoms with Crippen molar-refractivity contribution in [3.63, 3.8) is 0 Å². The first-order valence-electron chi connectivity index (χ1n) is 4.94. The van der Waals surface area contributed by atoms with Crippen molar-refractivity contribution in [3.05, 3.63) is 0 Å². The smallest absolute Gasteiger partial charge is 0.0558 e. The molecule has 0 saturated carbocycles. The van der Waals surface area contributed by atoms with Gasteiger partial charge in [-0.1, -0.05) is 6.92 Å². The predicted octanol–water partition coefficient (Wildman–Crippen LogP) is 0.896.